The van der Waals surface area contributed by atoms with Crippen LogP contribution in [0.1, 0.15) is 32.4 Å². The van der Waals surface area contributed by atoms with Crippen molar-refractivity contribution in [3.63, 3.8) is 0 Å². The van der Waals surface area contributed by atoms with Gasteiger partial charge in [0.25, 0.3) is 0 Å². The molecule has 2 heterocycles. The van der Waals surface area contributed by atoms with Crippen LogP contribution < -0.4 is 5.32 Å². The molecule has 0 aliphatic rings. The van der Waals surface area contributed by atoms with E-state index in [9.17, 15) is 18.0 Å². The average Bonchev–Trinajstić information content (AvgIpc) is 3.01. The number of carbonyl (C=O) groups is 1. The Bertz CT molecular complexity index is 721. The fourth-order valence-corrected chi connectivity index (χ4v) is 1.61. The number of halogens is 3. The molecule has 25 heavy (non-hydrogen) atoms. The second-order valence-electron chi connectivity index (χ2n) is 6.45. The van der Waals surface area contributed by atoms with Crippen LogP contribution in [-0.2, 0) is 17.5 Å². The van der Waals surface area contributed by atoms with Crippen molar-refractivity contribution in [3.05, 3.63) is 29.9 Å². The molecule has 10 heteroatoms. The molecule has 0 radical (unpaired) electrons. The van der Waals surface area contributed by atoms with E-state index in [1.165, 1.54) is 18.3 Å². The van der Waals surface area contributed by atoms with Crippen molar-refractivity contribution in [1.29, 1.82) is 0 Å². The van der Waals surface area contributed by atoms with Crippen molar-refractivity contribution in [1.82, 2.24) is 20.4 Å². The first-order valence-electron chi connectivity index (χ1n) is 7.31. The lowest BCUT2D eigenvalue weighted by Gasteiger charge is -2.17. The first-order chi connectivity index (χ1) is 11.5. The summed E-state index contributed by atoms with van der Waals surface area (Å²) in [5.41, 5.74) is 0.617. The van der Waals surface area contributed by atoms with Crippen LogP contribution in [-0.4, -0.2) is 27.8 Å². The highest BCUT2D eigenvalue weighted by molar-refractivity contribution is 5.67. The minimum absolute atomic E-state index is 0.114. The summed E-state index contributed by atoms with van der Waals surface area (Å²) in [4.78, 5) is 18.9. The van der Waals surface area contributed by atoms with Gasteiger partial charge in [0.15, 0.2) is 0 Å². The monoisotopic (exact) mass is 358 g/mol. The second kappa shape index (κ2) is 7.08. The first kappa shape index (κ1) is 18.7. The fourth-order valence-electron chi connectivity index (χ4n) is 1.61. The average molecular weight is 358 g/mol. The van der Waals surface area contributed by atoms with Gasteiger partial charge in [-0.15, -0.1) is 0 Å². The van der Waals surface area contributed by atoms with E-state index in [2.05, 4.69) is 25.0 Å². The number of pyridine rings is 1. The van der Waals surface area contributed by atoms with Gasteiger partial charge in [0.1, 0.15) is 0 Å². The Morgan fingerprint density at radius 1 is 1.28 bits per heavy atom. The number of nitrogens with zero attached hydrogens (tertiary/aromatic N) is 3. The predicted molar refractivity (Wildman–Crippen MR) is 80.2 cm³/mol. The van der Waals surface area contributed by atoms with Gasteiger partial charge in [-0.3, -0.25) is 4.98 Å². The van der Waals surface area contributed by atoms with E-state index in [-0.39, 0.29) is 30.0 Å². The minimum Gasteiger partial charge on any atom is -0.449 e. The normalized spacial score (nSPS) is 12.1. The van der Waals surface area contributed by atoms with Crippen molar-refractivity contribution in [2.24, 2.45) is 5.41 Å². The van der Waals surface area contributed by atoms with E-state index in [1.54, 1.807) is 0 Å². The summed E-state index contributed by atoms with van der Waals surface area (Å²) >= 11 is 0. The molecule has 2 aromatic rings. The third-order valence-corrected chi connectivity index (χ3v) is 2.80. The lowest BCUT2D eigenvalue weighted by atomic mass is 9.99. The second-order valence-corrected chi connectivity index (χ2v) is 6.45. The summed E-state index contributed by atoms with van der Waals surface area (Å²) in [6, 6.07) is 3.01. The van der Waals surface area contributed by atoms with Gasteiger partial charge in [-0.25, -0.2) is 4.79 Å². The lowest BCUT2D eigenvalue weighted by molar-refractivity contribution is -0.159. The van der Waals surface area contributed by atoms with E-state index in [0.717, 1.165) is 0 Å². The molecule has 0 aliphatic carbocycles. The Morgan fingerprint density at radius 3 is 2.52 bits per heavy atom. The van der Waals surface area contributed by atoms with Crippen LogP contribution in [0.5, 0.6) is 0 Å². The van der Waals surface area contributed by atoms with Gasteiger partial charge in [0.2, 0.25) is 5.82 Å². The molecule has 7 nitrogen and oxygen atoms in total. The smallest absolute Gasteiger partial charge is 0.449 e. The number of amides is 1. The van der Waals surface area contributed by atoms with Gasteiger partial charge in [-0.1, -0.05) is 25.9 Å². The van der Waals surface area contributed by atoms with Crippen LogP contribution in [0.3, 0.4) is 0 Å². The molecule has 1 amide bonds. The summed E-state index contributed by atoms with van der Waals surface area (Å²) in [6.07, 6.45) is -3.98. The zero-order valence-corrected chi connectivity index (χ0v) is 13.8. The van der Waals surface area contributed by atoms with Crippen LogP contribution in [0.25, 0.3) is 11.4 Å². The largest absolute Gasteiger partial charge is 0.471 e. The van der Waals surface area contributed by atoms with Crippen molar-refractivity contribution in [2.75, 3.05) is 6.61 Å². The molecule has 0 spiro atoms. The summed E-state index contributed by atoms with van der Waals surface area (Å²) in [6.45, 7) is 6.18. The molecular weight excluding hydrogens is 341 g/mol. The SMILES string of the molecule is CC(C)(C)COC(=O)NCc1ccc(-c2noc(C(F)(F)F)n2)cn1. The summed E-state index contributed by atoms with van der Waals surface area (Å²) < 4.78 is 46.5. The van der Waals surface area contributed by atoms with Gasteiger partial charge in [0, 0.05) is 11.8 Å². The van der Waals surface area contributed by atoms with E-state index >= 15 is 0 Å². The summed E-state index contributed by atoms with van der Waals surface area (Å²) in [7, 11) is 0. The zero-order chi connectivity index (χ0) is 18.7. The van der Waals surface area contributed by atoms with Gasteiger partial charge in [0.05, 0.1) is 18.8 Å². The van der Waals surface area contributed by atoms with E-state index in [0.29, 0.717) is 5.69 Å². The summed E-state index contributed by atoms with van der Waals surface area (Å²) in [5, 5.41) is 5.80. The molecule has 0 saturated carbocycles. The molecule has 136 valence electrons. The number of hydrogen-bond donors (Lipinski definition) is 1. The van der Waals surface area contributed by atoms with E-state index in [4.69, 9.17) is 4.74 Å². The molecule has 0 unspecified atom stereocenters. The molecule has 0 aliphatic heterocycles. The fraction of sp³-hybridized carbons (Fsp3) is 0.467. The van der Waals surface area contributed by atoms with Gasteiger partial charge >= 0.3 is 18.2 Å². The number of carbonyl (C=O) groups excluding carboxylic acids is 1. The molecule has 0 bridgehead atoms. The molecule has 1 N–H and O–H groups in total. The van der Waals surface area contributed by atoms with Crippen molar-refractivity contribution < 1.29 is 27.2 Å². The lowest BCUT2D eigenvalue weighted by Crippen LogP contribution is -2.28. The Kier molecular flexibility index (Phi) is 5.29. The maximum atomic E-state index is 12.4. The minimum atomic E-state index is -4.70. The Labute approximate surface area is 141 Å². The Balaban J connectivity index is 1.92. The van der Waals surface area contributed by atoms with Gasteiger partial charge in [-0.05, 0) is 17.5 Å². The Hall–Kier alpha value is -2.65. The van der Waals surface area contributed by atoms with Crippen LogP contribution >= 0.6 is 0 Å². The van der Waals surface area contributed by atoms with Crippen LogP contribution in [0.4, 0.5) is 18.0 Å². The number of alkyl halides is 3. The highest BCUT2D eigenvalue weighted by Crippen LogP contribution is 2.29. The molecular formula is C15H17F3N4O3. The number of hydrogen-bond acceptors (Lipinski definition) is 6. The zero-order valence-electron chi connectivity index (χ0n) is 13.8. The molecule has 0 atom stereocenters. The van der Waals surface area contributed by atoms with Crippen LogP contribution in [0, 0.1) is 5.41 Å². The van der Waals surface area contributed by atoms with Gasteiger partial charge < -0.3 is 14.6 Å². The molecule has 0 aromatic carbocycles. The summed E-state index contributed by atoms with van der Waals surface area (Å²) in [5.74, 6) is -1.64. The van der Waals surface area contributed by atoms with Crippen molar-refractivity contribution >= 4 is 6.09 Å². The van der Waals surface area contributed by atoms with Crippen LogP contribution in [0.15, 0.2) is 22.9 Å². The molecule has 2 aromatic heterocycles. The van der Waals surface area contributed by atoms with Crippen molar-refractivity contribution in [2.45, 2.75) is 33.5 Å². The number of rotatable bonds is 4. The standard InChI is InChI=1S/C15H17F3N4O3/c1-14(2,3)8-24-13(23)20-7-10-5-4-9(6-19-10)11-21-12(25-22-11)15(16,17)18/h4-6H,7-8H2,1-3H3,(H,20,23). The number of alkyl carbamates (subject to hydrolysis) is 1. The predicted octanol–water partition coefficient (Wildman–Crippen LogP) is 3.42. The van der Waals surface area contributed by atoms with Crippen molar-refractivity contribution in [3.8, 4) is 11.4 Å². The Morgan fingerprint density at radius 2 is 2.00 bits per heavy atom. The topological polar surface area (TPSA) is 90.1 Å². The maximum Gasteiger partial charge on any atom is 0.471 e. The van der Waals surface area contributed by atoms with Gasteiger partial charge in [-0.2, -0.15) is 18.2 Å². The van der Waals surface area contributed by atoms with Crippen LogP contribution in [0.2, 0.25) is 0 Å². The maximum absolute atomic E-state index is 12.4. The van der Waals surface area contributed by atoms with E-state index < -0.39 is 18.2 Å². The first-order valence-corrected chi connectivity index (χ1v) is 7.31. The molecule has 0 fully saturated rings. The molecule has 0 saturated heterocycles. The number of ether oxygens (including phenoxy) is 1. The third-order valence-electron chi connectivity index (χ3n) is 2.80. The van der Waals surface area contributed by atoms with E-state index in [1.807, 2.05) is 20.8 Å². The highest BCUT2D eigenvalue weighted by Gasteiger charge is 2.38. The molecule has 2 rings (SSSR count). The number of aromatic nitrogens is 3. The highest BCUT2D eigenvalue weighted by atomic mass is 19.4. The number of nitrogens with one attached hydrogen (secondary N) is 1. The third kappa shape index (κ3) is 5.73. The quantitative estimate of drug-likeness (QED) is 0.901.